The first kappa shape index (κ1) is 65.3. The van der Waals surface area contributed by atoms with E-state index in [-0.39, 0.29) is 56.0 Å². The maximum Gasteiger partial charge on any atom is 2.00 e. The van der Waals surface area contributed by atoms with Gasteiger partial charge in [0, 0.05) is 0 Å². The summed E-state index contributed by atoms with van der Waals surface area (Å²) in [6.07, 6.45) is 0. The van der Waals surface area contributed by atoms with Gasteiger partial charge >= 0.3 is 89.6 Å². The summed E-state index contributed by atoms with van der Waals surface area (Å²) in [7, 11) is 1.21. The van der Waals surface area contributed by atoms with Crippen LogP contribution in [0.2, 0.25) is 0 Å². The van der Waals surface area contributed by atoms with Crippen LogP contribution >= 0.6 is 19.1 Å². The second-order valence-electron chi connectivity index (χ2n) is 17.6. The van der Waals surface area contributed by atoms with Crippen molar-refractivity contribution in [3.8, 4) is 0 Å². The predicted molar refractivity (Wildman–Crippen MR) is 308 cm³/mol. The molecule has 8 nitrogen and oxygen atoms in total. The van der Waals surface area contributed by atoms with E-state index < -0.39 is 32.1 Å². The van der Waals surface area contributed by atoms with E-state index in [0.29, 0.717) is 22.8 Å². The third-order valence-corrected chi connectivity index (χ3v) is 16.1. The Morgan fingerprint density at radius 3 is 0.950 bits per heavy atom. The average Bonchev–Trinajstić information content (AvgIpc) is 4.40. The molecule has 2 aliphatic heterocycles. The van der Waals surface area contributed by atoms with Gasteiger partial charge in [0.1, 0.15) is 0 Å². The molecule has 4 atom stereocenters. The van der Waals surface area contributed by atoms with Gasteiger partial charge in [-0.2, -0.15) is 36.4 Å². The van der Waals surface area contributed by atoms with Gasteiger partial charge < -0.3 is 30.7 Å². The van der Waals surface area contributed by atoms with E-state index in [0.717, 1.165) is 33.4 Å². The zero-order chi connectivity index (χ0) is 55.3. The molecule has 0 radical (unpaired) electrons. The molecule has 2 aliphatic rings. The zero-order valence-electron chi connectivity index (χ0n) is 43.0. The minimum absolute atomic E-state index is 0. The monoisotopic (exact) mass is 1400 g/mol. The Labute approximate surface area is 522 Å². The van der Waals surface area contributed by atoms with Gasteiger partial charge in [0.2, 0.25) is 0 Å². The summed E-state index contributed by atoms with van der Waals surface area (Å²) in [6, 6.07) is 88.6. The number of sulfonamides is 2. The van der Waals surface area contributed by atoms with Crippen molar-refractivity contribution in [1.82, 2.24) is 8.61 Å². The van der Waals surface area contributed by atoms with Crippen LogP contribution in [-0.2, 0) is 90.5 Å². The fraction of sp³-hybridized carbons (Fsp3) is 0.0938. The number of hydrogen-bond acceptors (Lipinski definition) is 6. The Balaban J connectivity index is 0.000000232. The van der Waals surface area contributed by atoms with Crippen LogP contribution in [0.25, 0.3) is 0 Å². The van der Waals surface area contributed by atoms with Crippen molar-refractivity contribution in [3.05, 3.63) is 324 Å². The smallest absolute Gasteiger partial charge is 0.214 e. The first-order valence-electron chi connectivity index (χ1n) is 24.5. The number of hydrogen-bond donors (Lipinski definition) is 0. The van der Waals surface area contributed by atoms with Gasteiger partial charge in [-0.1, -0.05) is 157 Å². The van der Waals surface area contributed by atoms with Crippen LogP contribution in [0.4, 0.5) is 0 Å². The molecule has 0 aliphatic carbocycles. The van der Waals surface area contributed by atoms with Crippen molar-refractivity contribution < 1.29 is 87.3 Å². The minimum Gasteiger partial charge on any atom is -0.214 e. The van der Waals surface area contributed by atoms with Crippen molar-refractivity contribution in [1.29, 1.82) is 0 Å². The van der Waals surface area contributed by atoms with E-state index in [1.165, 1.54) is 8.61 Å². The number of halogens is 2. The van der Waals surface area contributed by atoms with Gasteiger partial charge in [0.15, 0.2) is 0 Å². The van der Waals surface area contributed by atoms with Gasteiger partial charge in [-0.3, -0.25) is 47.5 Å². The predicted octanol–water partition coefficient (Wildman–Crippen LogP) is 15.1. The minimum atomic E-state index is -3.89. The number of nitrogens with zero attached hydrogens (tertiary/aromatic N) is 4. The van der Waals surface area contributed by atoms with Crippen molar-refractivity contribution in [2.45, 2.75) is 47.8 Å². The summed E-state index contributed by atoms with van der Waals surface area (Å²) >= 11 is 4.44. The van der Waals surface area contributed by atoms with E-state index in [1.54, 1.807) is 36.4 Å². The first-order valence-corrected chi connectivity index (χ1v) is 31.4. The summed E-state index contributed by atoms with van der Waals surface area (Å²) in [5.41, 5.74) is 7.06. The maximum absolute atomic E-state index is 14.0. The molecular formula is C64H54Cl2Fe2N4O4Pd2S2. The fourth-order valence-corrected chi connectivity index (χ4v) is 12.2. The molecule has 10 aromatic carbocycles. The zero-order valence-corrected chi connectivity index (χ0v) is 51.5. The summed E-state index contributed by atoms with van der Waals surface area (Å²) in [6.45, 7) is 3.88. The molecule has 0 bridgehead atoms. The molecule has 0 N–H and O–H groups in total. The first-order chi connectivity index (χ1) is 38.1. The second kappa shape index (κ2) is 32.8. The molecule has 0 saturated carbocycles. The van der Waals surface area contributed by atoms with Crippen molar-refractivity contribution >= 4 is 50.8 Å². The quantitative estimate of drug-likeness (QED) is 0.101. The molecule has 0 saturated heterocycles. The molecule has 10 aromatic rings. The molecule has 12 rings (SSSR count). The van der Waals surface area contributed by atoms with Gasteiger partial charge in [0.25, 0.3) is 20.0 Å². The summed E-state index contributed by atoms with van der Waals surface area (Å²) in [5, 5.41) is 0. The van der Waals surface area contributed by atoms with Gasteiger partial charge in [-0.05, 0) is 72.0 Å². The summed E-state index contributed by atoms with van der Waals surface area (Å²) in [4.78, 5) is 10.5. The van der Waals surface area contributed by atoms with Crippen LogP contribution < -0.4 is 0 Å². The van der Waals surface area contributed by atoms with Crippen LogP contribution in [0.3, 0.4) is 0 Å². The van der Waals surface area contributed by atoms with Crippen molar-refractivity contribution in [2.24, 2.45) is 9.98 Å². The Kier molecular flexibility index (Phi) is 26.8. The van der Waals surface area contributed by atoms with Crippen LogP contribution in [0, 0.1) is 26.0 Å². The third-order valence-electron chi connectivity index (χ3n) is 12.6. The van der Waals surface area contributed by atoms with E-state index in [9.17, 15) is 16.8 Å². The topological polar surface area (TPSA) is 99.5 Å². The van der Waals surface area contributed by atoms with E-state index in [1.807, 2.05) is 244 Å². The Hall–Kier alpha value is -5.50. The Morgan fingerprint density at radius 1 is 0.412 bits per heavy atom. The number of benzene rings is 6. The number of aryl methyl sites for hydroxylation is 2. The Bertz CT molecular complexity index is 3290. The summed E-state index contributed by atoms with van der Waals surface area (Å²) in [5.74, 6) is 0.830. The van der Waals surface area contributed by atoms with Gasteiger partial charge in [-0.25, -0.2) is 41.1 Å². The van der Waals surface area contributed by atoms with E-state index in [4.69, 9.17) is 9.98 Å². The van der Waals surface area contributed by atoms with Gasteiger partial charge in [-0.15, -0.1) is 0 Å². The van der Waals surface area contributed by atoms with Gasteiger partial charge in [0.05, 0.1) is 34.0 Å². The van der Waals surface area contributed by atoms with Crippen LogP contribution in [0.5, 0.6) is 0 Å². The number of rotatable bonds is 10. The van der Waals surface area contributed by atoms with Crippen LogP contribution in [0.15, 0.2) is 287 Å². The molecule has 16 heteroatoms. The second-order valence-corrected chi connectivity index (χ2v) is 21.3. The molecule has 2 heterocycles. The standard InChI is InChI=1S/2C27H22N2O2S.2C5H5.2ClH.2Fe.2Pd/c2*1-20-16-18-24(19-17-20)32(30,31)29-26(22-12-6-3-7-13-22)25(21-10-4-2-5-11-21)28-27(29)23-14-8-9-15-23;2*1-2-4-5-3-1;;;;;;/h2*2-14,16-19,25-26H,1H3;2*1-5H;2*1H;;;;/q2*-2;2*-1;;;4*+2/p-2/t2*25-,26-;;;;;;;;/m11......../s1. The number of aliphatic imine (C=N–C) groups is 2. The van der Waals surface area contributed by atoms with Crippen LogP contribution in [-0.4, -0.2) is 37.1 Å². The van der Waals surface area contributed by atoms with Crippen molar-refractivity contribution in [3.63, 3.8) is 0 Å². The molecule has 0 spiro atoms. The average molecular weight is 1400 g/mol. The Morgan fingerprint density at radius 2 is 0.700 bits per heavy atom. The summed E-state index contributed by atoms with van der Waals surface area (Å²) < 4.78 is 59.1. The molecule has 0 amide bonds. The normalized spacial score (nSPS) is 16.0. The molecule has 0 aromatic heterocycles. The van der Waals surface area contributed by atoms with Crippen LogP contribution in [0.1, 0.15) is 68.7 Å². The molecule has 80 heavy (non-hydrogen) atoms. The molecular weight excluding hydrogens is 1350 g/mol. The molecule has 0 unspecified atom stereocenters. The molecule has 0 fully saturated rings. The third kappa shape index (κ3) is 16.4. The SMILES string of the molecule is Cc1ccc(S(=O)(=O)N2C(c3[c-]cc[cH-]3)=N[C@H](c3ccccc3)[C@H]2c2ccccc2)cc1.Cc1ccc(S(=O)(=O)N2C(c3[c-]cc[cH-]3)=N[C@H](c3ccccc3)[C@H]2c2ccccc2)cc1.[Cl][Pd+].[Cl][Pd+].[Fe+2].[Fe+2].c1cc[cH-]c1.c1cc[cH-]c1. The van der Waals surface area contributed by atoms with E-state index in [2.05, 4.69) is 67.6 Å². The van der Waals surface area contributed by atoms with Crippen molar-refractivity contribution in [2.75, 3.05) is 0 Å². The largest absolute Gasteiger partial charge is 2.00 e. The maximum atomic E-state index is 14.0. The van der Waals surface area contributed by atoms with E-state index >= 15 is 0 Å². The molecule has 416 valence electrons. The number of amidine groups is 2. The fourth-order valence-electron chi connectivity index (χ4n) is 8.92.